The van der Waals surface area contributed by atoms with Gasteiger partial charge in [0, 0.05) is 0 Å². The number of benzene rings is 1. The van der Waals surface area contributed by atoms with Gasteiger partial charge in [0.1, 0.15) is 17.8 Å². The molecule has 5 nitrogen and oxygen atoms in total. The van der Waals surface area contributed by atoms with Crippen LogP contribution in [0, 0.1) is 22.7 Å². The Morgan fingerprint density at radius 3 is 2.47 bits per heavy atom. The van der Waals surface area contributed by atoms with Gasteiger partial charge in [0.15, 0.2) is 5.75 Å². The molecule has 98 valence electrons. The van der Waals surface area contributed by atoms with Crippen molar-refractivity contribution in [2.75, 3.05) is 5.43 Å². The van der Waals surface area contributed by atoms with E-state index in [0.717, 1.165) is 6.07 Å². The van der Waals surface area contributed by atoms with E-state index in [1.165, 1.54) is 24.3 Å². The molecule has 0 aliphatic heterocycles. The van der Waals surface area contributed by atoms with Crippen LogP contribution in [0.2, 0.25) is 5.02 Å². The molecule has 0 aliphatic rings. The van der Waals surface area contributed by atoms with Crippen molar-refractivity contribution in [3.8, 4) is 17.9 Å². The molecular formula is C10H4ClF3N4O. The molecule has 0 fully saturated rings. The molecule has 0 spiro atoms. The molecule has 0 saturated heterocycles. The zero-order chi connectivity index (χ0) is 14.5. The first-order chi connectivity index (χ1) is 8.87. The van der Waals surface area contributed by atoms with Gasteiger partial charge < -0.3 is 4.74 Å². The van der Waals surface area contributed by atoms with Gasteiger partial charge in [0.25, 0.3) is 0 Å². The summed E-state index contributed by atoms with van der Waals surface area (Å²) in [6, 6.07) is 6.40. The van der Waals surface area contributed by atoms with Crippen LogP contribution in [0.3, 0.4) is 0 Å². The van der Waals surface area contributed by atoms with E-state index >= 15 is 0 Å². The Morgan fingerprint density at radius 2 is 1.95 bits per heavy atom. The molecule has 0 aliphatic carbocycles. The lowest BCUT2D eigenvalue weighted by molar-refractivity contribution is -0.274. The third-order valence-corrected chi connectivity index (χ3v) is 2.01. The maximum Gasteiger partial charge on any atom is 0.573 e. The van der Waals surface area contributed by atoms with Crippen LogP contribution in [0.1, 0.15) is 0 Å². The Labute approximate surface area is 110 Å². The number of anilines is 1. The molecule has 0 unspecified atom stereocenters. The van der Waals surface area contributed by atoms with Gasteiger partial charge in [-0.25, -0.2) is 0 Å². The number of alkyl halides is 3. The first-order valence-corrected chi connectivity index (χ1v) is 4.93. The van der Waals surface area contributed by atoms with E-state index in [9.17, 15) is 13.2 Å². The van der Waals surface area contributed by atoms with Gasteiger partial charge in [-0.1, -0.05) is 17.7 Å². The van der Waals surface area contributed by atoms with Crippen LogP contribution < -0.4 is 10.2 Å². The van der Waals surface area contributed by atoms with E-state index in [0.29, 0.717) is 0 Å². The molecular weight excluding hydrogens is 285 g/mol. The van der Waals surface area contributed by atoms with Crippen molar-refractivity contribution in [1.29, 1.82) is 10.5 Å². The smallest absolute Gasteiger partial charge is 0.403 e. The van der Waals surface area contributed by atoms with Gasteiger partial charge in [0.2, 0.25) is 5.71 Å². The quantitative estimate of drug-likeness (QED) is 0.684. The number of hydrazone groups is 1. The minimum atomic E-state index is -4.90. The molecule has 0 amide bonds. The minimum Gasteiger partial charge on any atom is -0.403 e. The number of nitrogens with one attached hydrogen (secondary N) is 1. The number of hydrogen-bond donors (Lipinski definition) is 1. The number of ether oxygens (including phenoxy) is 1. The monoisotopic (exact) mass is 288 g/mol. The number of rotatable bonds is 3. The van der Waals surface area contributed by atoms with E-state index in [-0.39, 0.29) is 10.7 Å². The minimum absolute atomic E-state index is 0.110. The van der Waals surface area contributed by atoms with Crippen molar-refractivity contribution in [3.05, 3.63) is 23.2 Å². The van der Waals surface area contributed by atoms with Crippen molar-refractivity contribution >= 4 is 23.0 Å². The van der Waals surface area contributed by atoms with E-state index in [2.05, 4.69) is 15.3 Å². The molecule has 0 atom stereocenters. The van der Waals surface area contributed by atoms with Crippen molar-refractivity contribution < 1.29 is 17.9 Å². The standard InChI is InChI=1S/C10H4ClF3N4O/c11-7-2-1-3-8(19-10(12,13)14)9(7)18-17-6(4-15)5-16/h1-3,18H. The zero-order valence-electron chi connectivity index (χ0n) is 8.99. The van der Waals surface area contributed by atoms with Crippen LogP contribution in [0.5, 0.6) is 5.75 Å². The SMILES string of the molecule is N#CC(C#N)=NNc1c(Cl)cccc1OC(F)(F)F. The number of para-hydroxylation sites is 1. The van der Waals surface area contributed by atoms with E-state index in [1.807, 2.05) is 0 Å². The van der Waals surface area contributed by atoms with Crippen molar-refractivity contribution in [2.24, 2.45) is 5.10 Å². The van der Waals surface area contributed by atoms with Crippen LogP contribution in [0.25, 0.3) is 0 Å². The highest BCUT2D eigenvalue weighted by Gasteiger charge is 2.32. The van der Waals surface area contributed by atoms with Crippen molar-refractivity contribution in [2.45, 2.75) is 6.36 Å². The maximum absolute atomic E-state index is 12.2. The molecule has 0 radical (unpaired) electrons. The summed E-state index contributed by atoms with van der Waals surface area (Å²) in [5.74, 6) is -0.626. The number of nitriles is 2. The lowest BCUT2D eigenvalue weighted by Crippen LogP contribution is -2.18. The number of halogens is 4. The third kappa shape index (κ3) is 4.37. The van der Waals surface area contributed by atoms with Gasteiger partial charge in [-0.2, -0.15) is 15.6 Å². The maximum atomic E-state index is 12.2. The van der Waals surface area contributed by atoms with Crippen molar-refractivity contribution in [3.63, 3.8) is 0 Å². The second kappa shape index (κ2) is 5.94. The lowest BCUT2D eigenvalue weighted by Gasteiger charge is -2.13. The number of nitrogens with zero attached hydrogens (tertiary/aromatic N) is 3. The summed E-state index contributed by atoms with van der Waals surface area (Å²) in [6.07, 6.45) is -4.90. The van der Waals surface area contributed by atoms with Crippen LogP contribution in [0.15, 0.2) is 23.3 Å². The van der Waals surface area contributed by atoms with Crippen LogP contribution in [-0.2, 0) is 0 Å². The second-order valence-electron chi connectivity index (χ2n) is 2.96. The summed E-state index contributed by atoms with van der Waals surface area (Å²) in [5, 5.41) is 20.1. The molecule has 0 saturated carbocycles. The Kier molecular flexibility index (Phi) is 4.56. The molecule has 1 rings (SSSR count). The van der Waals surface area contributed by atoms with E-state index in [1.54, 1.807) is 0 Å². The Hall–Kier alpha value is -2.45. The summed E-state index contributed by atoms with van der Waals surface area (Å²) in [4.78, 5) is 0. The third-order valence-electron chi connectivity index (χ3n) is 1.69. The van der Waals surface area contributed by atoms with Gasteiger partial charge in [-0.05, 0) is 12.1 Å². The molecule has 1 aromatic carbocycles. The summed E-state index contributed by atoms with van der Waals surface area (Å²) < 4.78 is 40.2. The average Bonchev–Trinajstić information content (AvgIpc) is 2.31. The summed E-state index contributed by atoms with van der Waals surface area (Å²) in [5.41, 5.74) is 1.22. The highest BCUT2D eigenvalue weighted by atomic mass is 35.5. The Balaban J connectivity index is 3.10. The first-order valence-electron chi connectivity index (χ1n) is 4.55. The summed E-state index contributed by atoms with van der Waals surface area (Å²) in [7, 11) is 0. The first kappa shape index (κ1) is 14.6. The molecule has 0 aromatic heterocycles. The van der Waals surface area contributed by atoms with Gasteiger partial charge in [-0.3, -0.25) is 5.43 Å². The van der Waals surface area contributed by atoms with Gasteiger partial charge in [0.05, 0.1) is 5.02 Å². The highest BCUT2D eigenvalue weighted by Crippen LogP contribution is 2.35. The Bertz CT molecular complexity index is 570. The predicted octanol–water partition coefficient (Wildman–Crippen LogP) is 3.05. The molecule has 1 N–H and O–H groups in total. The topological polar surface area (TPSA) is 81.2 Å². The lowest BCUT2D eigenvalue weighted by atomic mass is 10.3. The van der Waals surface area contributed by atoms with Gasteiger partial charge in [-0.15, -0.1) is 13.2 Å². The molecule has 0 heterocycles. The van der Waals surface area contributed by atoms with E-state index < -0.39 is 17.8 Å². The summed E-state index contributed by atoms with van der Waals surface area (Å²) in [6.45, 7) is 0. The summed E-state index contributed by atoms with van der Waals surface area (Å²) >= 11 is 5.68. The fourth-order valence-corrected chi connectivity index (χ4v) is 1.22. The van der Waals surface area contributed by atoms with E-state index in [4.69, 9.17) is 22.1 Å². The molecule has 9 heteroatoms. The average molecular weight is 289 g/mol. The van der Waals surface area contributed by atoms with Crippen LogP contribution in [-0.4, -0.2) is 12.1 Å². The Morgan fingerprint density at radius 1 is 1.32 bits per heavy atom. The highest BCUT2D eigenvalue weighted by molar-refractivity contribution is 6.33. The zero-order valence-corrected chi connectivity index (χ0v) is 9.75. The predicted molar refractivity (Wildman–Crippen MR) is 60.4 cm³/mol. The fourth-order valence-electron chi connectivity index (χ4n) is 1.01. The normalized spacial score (nSPS) is 10.0. The fraction of sp³-hybridized carbons (Fsp3) is 0.100. The van der Waals surface area contributed by atoms with Crippen LogP contribution >= 0.6 is 11.6 Å². The van der Waals surface area contributed by atoms with Crippen LogP contribution in [0.4, 0.5) is 18.9 Å². The molecule has 19 heavy (non-hydrogen) atoms. The molecule has 0 bridgehead atoms. The van der Waals surface area contributed by atoms with Gasteiger partial charge >= 0.3 is 6.36 Å². The molecule has 1 aromatic rings. The largest absolute Gasteiger partial charge is 0.573 e. The van der Waals surface area contributed by atoms with Crippen molar-refractivity contribution in [1.82, 2.24) is 0 Å². The second-order valence-corrected chi connectivity index (χ2v) is 3.36. The number of hydrogen-bond acceptors (Lipinski definition) is 5.